The quantitative estimate of drug-likeness (QED) is 0.350. The highest BCUT2D eigenvalue weighted by atomic mass is 16.5. The second kappa shape index (κ2) is 10.1. The number of hydrogen-bond donors (Lipinski definition) is 2. The molecule has 0 bridgehead atoms. The zero-order valence-corrected chi connectivity index (χ0v) is 11.7. The number of unbranched alkanes of at least 4 members (excludes halogenated alkanes) is 1. The molecule has 106 valence electrons. The van der Waals surface area contributed by atoms with Crippen molar-refractivity contribution < 1.29 is 9.47 Å². The molecule has 18 heavy (non-hydrogen) atoms. The largest absolute Gasteiger partial charge is 0.382 e. The number of rotatable bonds is 10. The molecule has 5 heteroatoms. The number of ether oxygens (including phenoxy) is 2. The van der Waals surface area contributed by atoms with Gasteiger partial charge < -0.3 is 20.1 Å². The number of nitrogens with zero attached hydrogens (tertiary/aromatic N) is 1. The fourth-order valence-corrected chi connectivity index (χ4v) is 1.41. The third-order valence-electron chi connectivity index (χ3n) is 2.67. The fraction of sp³-hybridized carbons (Fsp3) is 0.923. The molecule has 0 spiro atoms. The van der Waals surface area contributed by atoms with Crippen molar-refractivity contribution in [3.63, 3.8) is 0 Å². The molecule has 0 aliphatic heterocycles. The summed E-state index contributed by atoms with van der Waals surface area (Å²) < 4.78 is 10.3. The predicted molar refractivity (Wildman–Crippen MR) is 74.1 cm³/mol. The van der Waals surface area contributed by atoms with Crippen LogP contribution in [0.25, 0.3) is 0 Å². The molecule has 0 aromatic carbocycles. The minimum atomic E-state index is 0.632. The average Bonchev–Trinajstić information content (AvgIpc) is 3.17. The third-order valence-corrected chi connectivity index (χ3v) is 2.67. The van der Waals surface area contributed by atoms with Gasteiger partial charge in [-0.15, -0.1) is 0 Å². The second-order valence-corrected chi connectivity index (χ2v) is 4.53. The minimum absolute atomic E-state index is 0.632. The first-order chi connectivity index (χ1) is 8.86. The van der Waals surface area contributed by atoms with Gasteiger partial charge in [0.1, 0.15) is 0 Å². The van der Waals surface area contributed by atoms with Crippen LogP contribution in [0.4, 0.5) is 0 Å². The van der Waals surface area contributed by atoms with Crippen molar-refractivity contribution in [3.8, 4) is 0 Å². The Kier molecular flexibility index (Phi) is 8.59. The van der Waals surface area contributed by atoms with E-state index in [2.05, 4.69) is 22.5 Å². The molecule has 0 heterocycles. The molecule has 2 N–H and O–H groups in total. The van der Waals surface area contributed by atoms with Crippen LogP contribution in [0.2, 0.25) is 0 Å². The summed E-state index contributed by atoms with van der Waals surface area (Å²) in [5.74, 6) is 0.932. The molecule has 1 aliphatic carbocycles. The highest BCUT2D eigenvalue weighted by Crippen LogP contribution is 2.18. The summed E-state index contributed by atoms with van der Waals surface area (Å²) in [5.41, 5.74) is 0. The van der Waals surface area contributed by atoms with E-state index in [0.717, 1.165) is 25.5 Å². The fourth-order valence-electron chi connectivity index (χ4n) is 1.41. The van der Waals surface area contributed by atoms with Gasteiger partial charge in [-0.05, 0) is 19.3 Å². The monoisotopic (exact) mass is 257 g/mol. The molecule has 1 aliphatic rings. The third kappa shape index (κ3) is 8.31. The van der Waals surface area contributed by atoms with E-state index < -0.39 is 0 Å². The van der Waals surface area contributed by atoms with Gasteiger partial charge in [0.05, 0.1) is 19.8 Å². The van der Waals surface area contributed by atoms with E-state index in [4.69, 9.17) is 9.47 Å². The number of guanidine groups is 1. The highest BCUT2D eigenvalue weighted by Gasteiger charge is 2.22. The summed E-state index contributed by atoms with van der Waals surface area (Å²) in [4.78, 5) is 4.54. The first-order valence-corrected chi connectivity index (χ1v) is 6.98. The lowest BCUT2D eigenvalue weighted by atomic mass is 10.3. The average molecular weight is 257 g/mol. The Hall–Kier alpha value is -0.810. The standard InChI is InChI=1S/C13H27N3O2/c1-3-4-7-14-13(16-12-5-6-12)15-8-9-18-11-10-17-2/h12H,3-11H2,1-2H3,(H2,14,15,16). The van der Waals surface area contributed by atoms with E-state index in [1.54, 1.807) is 7.11 Å². The number of nitrogens with one attached hydrogen (secondary N) is 2. The Bertz CT molecular complexity index is 230. The van der Waals surface area contributed by atoms with Gasteiger partial charge in [0.15, 0.2) is 5.96 Å². The van der Waals surface area contributed by atoms with Crippen LogP contribution in [0.15, 0.2) is 4.99 Å². The lowest BCUT2D eigenvalue weighted by Gasteiger charge is -2.12. The Morgan fingerprint density at radius 2 is 2.11 bits per heavy atom. The van der Waals surface area contributed by atoms with Gasteiger partial charge in [-0.25, -0.2) is 0 Å². The van der Waals surface area contributed by atoms with Crippen LogP contribution < -0.4 is 10.6 Å². The molecule has 0 unspecified atom stereocenters. The lowest BCUT2D eigenvalue weighted by molar-refractivity contribution is 0.0733. The summed E-state index contributed by atoms with van der Waals surface area (Å²) >= 11 is 0. The maximum Gasteiger partial charge on any atom is 0.191 e. The molecule has 0 amide bonds. The Morgan fingerprint density at radius 1 is 1.28 bits per heavy atom. The topological polar surface area (TPSA) is 54.9 Å². The molecule has 1 rings (SSSR count). The summed E-state index contributed by atoms with van der Waals surface area (Å²) in [6.45, 7) is 5.84. The lowest BCUT2D eigenvalue weighted by Crippen LogP contribution is -2.40. The first kappa shape index (κ1) is 15.2. The Morgan fingerprint density at radius 3 is 2.78 bits per heavy atom. The molecule has 1 fully saturated rings. The summed E-state index contributed by atoms with van der Waals surface area (Å²) in [6.07, 6.45) is 4.85. The molecule has 1 saturated carbocycles. The molecule has 0 aromatic rings. The van der Waals surface area contributed by atoms with Crippen LogP contribution >= 0.6 is 0 Å². The van der Waals surface area contributed by atoms with E-state index in [1.807, 2.05) is 0 Å². The zero-order valence-electron chi connectivity index (χ0n) is 11.7. The van der Waals surface area contributed by atoms with Crippen molar-refractivity contribution in [1.29, 1.82) is 0 Å². The van der Waals surface area contributed by atoms with Gasteiger partial charge in [0.25, 0.3) is 0 Å². The first-order valence-electron chi connectivity index (χ1n) is 6.98. The molecule has 0 radical (unpaired) electrons. The van der Waals surface area contributed by atoms with E-state index in [9.17, 15) is 0 Å². The highest BCUT2D eigenvalue weighted by molar-refractivity contribution is 5.80. The number of hydrogen-bond acceptors (Lipinski definition) is 3. The molecule has 0 atom stereocenters. The summed E-state index contributed by atoms with van der Waals surface area (Å²) in [7, 11) is 1.68. The van der Waals surface area contributed by atoms with Crippen LogP contribution in [-0.4, -0.2) is 52.0 Å². The van der Waals surface area contributed by atoms with Crippen LogP contribution in [0.3, 0.4) is 0 Å². The van der Waals surface area contributed by atoms with Crippen molar-refractivity contribution in [2.75, 3.05) is 40.0 Å². The normalized spacial score (nSPS) is 15.8. The van der Waals surface area contributed by atoms with Crippen molar-refractivity contribution in [1.82, 2.24) is 10.6 Å². The molecule has 0 aromatic heterocycles. The van der Waals surface area contributed by atoms with Crippen molar-refractivity contribution in [3.05, 3.63) is 0 Å². The minimum Gasteiger partial charge on any atom is -0.382 e. The van der Waals surface area contributed by atoms with Gasteiger partial charge in [-0.3, -0.25) is 4.99 Å². The molecular formula is C13H27N3O2. The van der Waals surface area contributed by atoms with Crippen molar-refractivity contribution in [2.45, 2.75) is 38.6 Å². The molecule has 5 nitrogen and oxygen atoms in total. The number of methoxy groups -OCH3 is 1. The van der Waals surface area contributed by atoms with Gasteiger partial charge in [0, 0.05) is 26.2 Å². The van der Waals surface area contributed by atoms with Gasteiger partial charge in [-0.2, -0.15) is 0 Å². The van der Waals surface area contributed by atoms with Crippen molar-refractivity contribution in [2.24, 2.45) is 4.99 Å². The SMILES string of the molecule is CCCCN=C(NCCOCCOC)NC1CC1. The Labute approximate surface area is 110 Å². The smallest absolute Gasteiger partial charge is 0.191 e. The van der Waals surface area contributed by atoms with Crippen molar-refractivity contribution >= 4 is 5.96 Å². The zero-order chi connectivity index (χ0) is 13.1. The van der Waals surface area contributed by atoms with Crippen LogP contribution in [0, 0.1) is 0 Å². The van der Waals surface area contributed by atoms with Crippen LogP contribution in [-0.2, 0) is 9.47 Å². The summed E-state index contributed by atoms with van der Waals surface area (Å²) in [5, 5.41) is 6.71. The van der Waals surface area contributed by atoms with Gasteiger partial charge in [-0.1, -0.05) is 13.3 Å². The van der Waals surface area contributed by atoms with Gasteiger partial charge >= 0.3 is 0 Å². The van der Waals surface area contributed by atoms with Crippen LogP contribution in [0.1, 0.15) is 32.6 Å². The van der Waals surface area contributed by atoms with E-state index in [1.165, 1.54) is 19.3 Å². The summed E-state index contributed by atoms with van der Waals surface area (Å²) in [6, 6.07) is 0.632. The maximum absolute atomic E-state index is 5.40. The predicted octanol–water partition coefficient (Wildman–Crippen LogP) is 1.15. The second-order valence-electron chi connectivity index (χ2n) is 4.53. The molecule has 0 saturated heterocycles. The van der Waals surface area contributed by atoms with E-state index in [0.29, 0.717) is 25.9 Å². The van der Waals surface area contributed by atoms with Crippen LogP contribution in [0.5, 0.6) is 0 Å². The molecular weight excluding hydrogens is 230 g/mol. The number of aliphatic imine (C=N–C) groups is 1. The van der Waals surface area contributed by atoms with Gasteiger partial charge in [0.2, 0.25) is 0 Å². The van der Waals surface area contributed by atoms with E-state index in [-0.39, 0.29) is 0 Å². The Balaban J connectivity index is 2.08. The van der Waals surface area contributed by atoms with E-state index >= 15 is 0 Å². The maximum atomic E-state index is 5.40.